The molecule has 7 aromatic rings. The van der Waals surface area contributed by atoms with Gasteiger partial charge in [-0.25, -0.2) is 29.9 Å². The van der Waals surface area contributed by atoms with Gasteiger partial charge in [0, 0.05) is 63.4 Å². The fraction of sp³-hybridized carbons (Fsp3) is 0.385. The highest BCUT2D eigenvalue weighted by atomic mass is 35.5. The van der Waals surface area contributed by atoms with E-state index in [1.54, 1.807) is 47.0 Å². The Labute approximate surface area is 435 Å². The molecule has 2 N–H and O–H groups in total. The second-order valence-electron chi connectivity index (χ2n) is 17.1. The Hall–Kier alpha value is -3.20. The van der Waals surface area contributed by atoms with E-state index in [-0.39, 0.29) is 0 Å². The Morgan fingerprint density at radius 3 is 0.912 bits per heavy atom. The first-order valence-electron chi connectivity index (χ1n) is 23.9. The smallest absolute Gasteiger partial charge is 0.164 e. The second kappa shape index (κ2) is 22.9. The number of nitrogens with zero attached hydrogens (tertiary/aromatic N) is 6. The lowest BCUT2D eigenvalue weighted by molar-refractivity contribution is 0.778. The van der Waals surface area contributed by atoms with E-state index in [0.717, 1.165) is 163 Å². The van der Waals surface area contributed by atoms with E-state index in [9.17, 15) is 0 Å². The molecule has 4 aromatic carbocycles. The van der Waals surface area contributed by atoms with Crippen molar-refractivity contribution in [2.75, 3.05) is 23.0 Å². The molecular weight excluding hydrogens is 1010 g/mol. The predicted octanol–water partition coefficient (Wildman–Crippen LogP) is 18.6. The zero-order chi connectivity index (χ0) is 47.3. The third kappa shape index (κ3) is 10.8. The molecule has 0 spiro atoms. The molecular formula is C52H54Cl4N8S4. The number of fused-ring (bicyclic) bond motifs is 20. The van der Waals surface area contributed by atoms with E-state index < -0.39 is 0 Å². The van der Waals surface area contributed by atoms with Crippen LogP contribution in [0.2, 0.25) is 20.1 Å². The molecule has 5 heterocycles. The van der Waals surface area contributed by atoms with Crippen LogP contribution >= 0.6 is 93.5 Å². The molecule has 0 aliphatic carbocycles. The van der Waals surface area contributed by atoms with E-state index >= 15 is 0 Å². The van der Waals surface area contributed by atoms with Crippen molar-refractivity contribution < 1.29 is 0 Å². The van der Waals surface area contributed by atoms with Crippen molar-refractivity contribution in [3.63, 3.8) is 0 Å². The van der Waals surface area contributed by atoms with Gasteiger partial charge in [-0.2, -0.15) is 0 Å². The second-order valence-corrected chi connectivity index (χ2v) is 23.3. The molecule has 0 amide bonds. The van der Waals surface area contributed by atoms with Crippen LogP contribution in [0.5, 0.6) is 0 Å². The average Bonchev–Trinajstić information content (AvgIpc) is 4.04. The van der Waals surface area contributed by atoms with Crippen LogP contribution in [-0.4, -0.2) is 62.9 Å². The van der Waals surface area contributed by atoms with Gasteiger partial charge in [-0.05, 0) is 97.2 Å². The quantitative estimate of drug-likeness (QED) is 0.0566. The third-order valence-corrected chi connectivity index (χ3v) is 18.3. The molecule has 16 heteroatoms. The van der Waals surface area contributed by atoms with E-state index in [1.807, 2.05) is 24.3 Å². The van der Waals surface area contributed by atoms with Crippen molar-refractivity contribution >= 4 is 138 Å². The number of nitrogens with one attached hydrogen (secondary N) is 2. The average molecular weight is 1060 g/mol. The van der Waals surface area contributed by atoms with Gasteiger partial charge in [0.15, 0.2) is 23.3 Å². The Kier molecular flexibility index (Phi) is 16.8. The molecule has 68 heavy (non-hydrogen) atoms. The lowest BCUT2D eigenvalue weighted by Gasteiger charge is -2.07. The van der Waals surface area contributed by atoms with Crippen LogP contribution in [0.3, 0.4) is 0 Å². The summed E-state index contributed by atoms with van der Waals surface area (Å²) in [6.07, 6.45) is 13.7. The van der Waals surface area contributed by atoms with Crippen LogP contribution < -0.4 is 0 Å². The number of aromatic nitrogens is 8. The SMILES string of the molecule is CCCCCSc1cc2c(cc1Cl)-c1nc-2nc2[nH]c(nc3nc(nc4[nH]c(n1)c1cc(SCCCCC)c(Cl)cc41)-c1cc(Cl)c(SCCCCC)cc1-3)c1cc(SCCCCC)c(Cl)cc21. The summed E-state index contributed by atoms with van der Waals surface area (Å²) in [5.41, 5.74) is 5.60. The summed E-state index contributed by atoms with van der Waals surface area (Å²) in [7, 11) is 0. The number of hydrogen-bond donors (Lipinski definition) is 2. The van der Waals surface area contributed by atoms with Crippen molar-refractivity contribution in [2.45, 2.75) is 124 Å². The van der Waals surface area contributed by atoms with Gasteiger partial charge in [-0.1, -0.05) is 125 Å². The lowest BCUT2D eigenvalue weighted by Crippen LogP contribution is -1.87. The number of benzene rings is 4. The summed E-state index contributed by atoms with van der Waals surface area (Å²) in [5, 5.41) is 5.99. The Morgan fingerprint density at radius 2 is 0.603 bits per heavy atom. The summed E-state index contributed by atoms with van der Waals surface area (Å²) >= 11 is 35.5. The molecule has 0 saturated heterocycles. The van der Waals surface area contributed by atoms with E-state index in [4.69, 9.17) is 76.3 Å². The van der Waals surface area contributed by atoms with Gasteiger partial charge in [0.25, 0.3) is 0 Å². The first-order valence-corrected chi connectivity index (χ1v) is 29.3. The number of H-pyrrole nitrogens is 2. The van der Waals surface area contributed by atoms with E-state index in [0.29, 0.717) is 66.0 Å². The minimum atomic E-state index is 0.477. The Morgan fingerprint density at radius 1 is 0.338 bits per heavy atom. The van der Waals surface area contributed by atoms with Gasteiger partial charge in [0.05, 0.1) is 20.1 Å². The predicted molar refractivity (Wildman–Crippen MR) is 297 cm³/mol. The van der Waals surface area contributed by atoms with Crippen molar-refractivity contribution in [2.24, 2.45) is 0 Å². The first-order chi connectivity index (χ1) is 33.2. The number of hydrogen-bond acceptors (Lipinski definition) is 10. The van der Waals surface area contributed by atoms with Crippen LogP contribution in [0, 0.1) is 0 Å². The van der Waals surface area contributed by atoms with Gasteiger partial charge in [0.1, 0.15) is 22.6 Å². The summed E-state index contributed by atoms with van der Waals surface area (Å²) in [6, 6.07) is 16.4. The summed E-state index contributed by atoms with van der Waals surface area (Å²) < 4.78 is 0. The topological polar surface area (TPSA) is 109 Å². The zero-order valence-electron chi connectivity index (χ0n) is 38.8. The fourth-order valence-electron chi connectivity index (χ4n) is 8.37. The van der Waals surface area contributed by atoms with Crippen LogP contribution in [0.1, 0.15) is 105 Å². The molecule has 0 unspecified atom stereocenters. The highest BCUT2D eigenvalue weighted by Gasteiger charge is 2.26. The van der Waals surface area contributed by atoms with Gasteiger partial charge >= 0.3 is 0 Å². The van der Waals surface area contributed by atoms with Crippen LogP contribution in [0.25, 0.3) is 89.7 Å². The number of aromatic amines is 2. The molecule has 0 fully saturated rings. The lowest BCUT2D eigenvalue weighted by atomic mass is 10.1. The maximum Gasteiger partial charge on any atom is 0.164 e. The maximum absolute atomic E-state index is 7.13. The van der Waals surface area contributed by atoms with Gasteiger partial charge < -0.3 is 9.97 Å². The normalized spacial score (nSPS) is 12.1. The van der Waals surface area contributed by atoms with Crippen LogP contribution in [0.4, 0.5) is 0 Å². The highest BCUT2D eigenvalue weighted by Crippen LogP contribution is 2.45. The molecule has 2 aliphatic heterocycles. The van der Waals surface area contributed by atoms with Crippen molar-refractivity contribution in [1.29, 1.82) is 0 Å². The molecule has 0 saturated carbocycles. The van der Waals surface area contributed by atoms with Crippen LogP contribution in [0.15, 0.2) is 68.1 Å². The highest BCUT2D eigenvalue weighted by molar-refractivity contribution is 8.00. The molecule has 9 rings (SSSR count). The summed E-state index contributed by atoms with van der Waals surface area (Å²) in [5.74, 6) is 5.82. The molecule has 2 aliphatic rings. The number of thioether (sulfide) groups is 4. The number of halogens is 4. The van der Waals surface area contributed by atoms with Gasteiger partial charge in [-0.3, -0.25) is 0 Å². The molecule has 8 nitrogen and oxygen atoms in total. The summed E-state index contributed by atoms with van der Waals surface area (Å²) in [4.78, 5) is 42.9. The monoisotopic (exact) mass is 1060 g/mol. The molecule has 0 atom stereocenters. The summed E-state index contributed by atoms with van der Waals surface area (Å²) in [6.45, 7) is 8.87. The minimum Gasteiger partial charge on any atom is -0.324 e. The van der Waals surface area contributed by atoms with Crippen molar-refractivity contribution in [3.8, 4) is 45.6 Å². The van der Waals surface area contributed by atoms with Gasteiger partial charge in [0.2, 0.25) is 0 Å². The first kappa shape index (κ1) is 49.8. The minimum absolute atomic E-state index is 0.477. The standard InChI is InChI=1S/C52H54Cl4N8S4/c1-5-9-13-17-65-41-25-33-29(21-37(41)53)45-57-46-30-22-38(54)43(67-19-15-11-7-3)27-35(30)51(59-46)64-52-36-28-44(68-20-16-12-8-4)40(56)24-32(36)48(63-52)62-50-34-26-42(66-18-14-10-6-2)39(55)23-31(34)47(61-50)60-49(33)58-45/h21-28H,5-20H2,1-4H3,(H2,57,58,59,60,61,62,63,64). The maximum atomic E-state index is 7.13. The molecule has 3 aromatic heterocycles. The van der Waals surface area contributed by atoms with Crippen molar-refractivity contribution in [3.05, 3.63) is 68.6 Å². The van der Waals surface area contributed by atoms with E-state index in [2.05, 4.69) is 61.9 Å². The van der Waals surface area contributed by atoms with E-state index in [1.165, 1.54) is 0 Å². The Bertz CT molecular complexity index is 3170. The Balaban J connectivity index is 1.34. The fourth-order valence-corrected chi connectivity index (χ4v) is 13.5. The van der Waals surface area contributed by atoms with Gasteiger partial charge in [-0.15, -0.1) is 47.0 Å². The third-order valence-electron chi connectivity index (χ3n) is 12.1. The molecule has 8 bridgehead atoms. The van der Waals surface area contributed by atoms with Crippen molar-refractivity contribution in [1.82, 2.24) is 39.9 Å². The van der Waals surface area contributed by atoms with Crippen LogP contribution in [-0.2, 0) is 0 Å². The largest absolute Gasteiger partial charge is 0.324 e. The number of unbranched alkanes of at least 4 members (excludes halogenated alkanes) is 8. The molecule has 0 radical (unpaired) electrons. The molecule has 354 valence electrons. The number of rotatable bonds is 20. The zero-order valence-corrected chi connectivity index (χ0v) is 45.1.